The second kappa shape index (κ2) is 10.0. The van der Waals surface area contributed by atoms with Crippen molar-refractivity contribution >= 4 is 17.6 Å². The third-order valence-corrected chi connectivity index (χ3v) is 4.71. The van der Waals surface area contributed by atoms with E-state index in [-0.39, 0.29) is 5.91 Å². The Morgan fingerprint density at radius 2 is 1.79 bits per heavy atom. The molecule has 1 amide bonds. The number of hydrogen-bond donors (Lipinski definition) is 2. The molecule has 0 aromatic heterocycles. The van der Waals surface area contributed by atoms with Gasteiger partial charge in [0.25, 0.3) is 0 Å². The van der Waals surface area contributed by atoms with E-state index < -0.39 is 11.6 Å². The molecular weight excluding hydrogens is 374 g/mol. The van der Waals surface area contributed by atoms with Crippen LogP contribution >= 0.6 is 0 Å². The molecule has 0 atom stereocenters. The van der Waals surface area contributed by atoms with Gasteiger partial charge in [0.1, 0.15) is 11.6 Å². The standard InChI is InChI=1S/C22H26F2N4O/c1-2-25-22(26-10-9-17-12-18(23)14-19(24)13-17)27-15-16-5-7-20(8-6-16)28-11-3-4-21(28)29/h5-8,12-14H,2-4,9-11,15H2,1H3,(H2,25,26,27). The molecule has 3 rings (SSSR count). The summed E-state index contributed by atoms with van der Waals surface area (Å²) in [5.41, 5.74) is 2.55. The predicted molar refractivity (Wildman–Crippen MR) is 111 cm³/mol. The largest absolute Gasteiger partial charge is 0.357 e. The molecule has 0 saturated carbocycles. The highest BCUT2D eigenvalue weighted by atomic mass is 19.1. The van der Waals surface area contributed by atoms with Gasteiger partial charge >= 0.3 is 0 Å². The van der Waals surface area contributed by atoms with Crippen LogP contribution in [0.15, 0.2) is 47.5 Å². The van der Waals surface area contributed by atoms with Crippen LogP contribution in [0.2, 0.25) is 0 Å². The fourth-order valence-corrected chi connectivity index (χ4v) is 3.30. The monoisotopic (exact) mass is 400 g/mol. The molecule has 1 saturated heterocycles. The van der Waals surface area contributed by atoms with Gasteiger partial charge in [0.05, 0.1) is 6.54 Å². The Morgan fingerprint density at radius 3 is 2.41 bits per heavy atom. The number of rotatable bonds is 7. The highest BCUT2D eigenvalue weighted by Crippen LogP contribution is 2.21. The number of hydrogen-bond acceptors (Lipinski definition) is 2. The van der Waals surface area contributed by atoms with Crippen molar-refractivity contribution in [2.24, 2.45) is 4.99 Å². The number of nitrogens with zero attached hydrogens (tertiary/aromatic N) is 2. The van der Waals surface area contributed by atoms with Gasteiger partial charge in [-0.05, 0) is 55.2 Å². The molecular formula is C22H26F2N4O. The van der Waals surface area contributed by atoms with E-state index in [1.165, 1.54) is 12.1 Å². The van der Waals surface area contributed by atoms with Crippen molar-refractivity contribution in [1.82, 2.24) is 10.6 Å². The average Bonchev–Trinajstić information content (AvgIpc) is 3.12. The molecule has 2 aromatic rings. The van der Waals surface area contributed by atoms with Crippen molar-refractivity contribution in [3.8, 4) is 0 Å². The number of carbonyl (C=O) groups excluding carboxylic acids is 1. The number of benzene rings is 2. The van der Waals surface area contributed by atoms with E-state index in [0.717, 1.165) is 30.3 Å². The molecule has 154 valence electrons. The van der Waals surface area contributed by atoms with Crippen LogP contribution in [0.1, 0.15) is 30.9 Å². The van der Waals surface area contributed by atoms with Gasteiger partial charge in [0.15, 0.2) is 5.96 Å². The van der Waals surface area contributed by atoms with Crippen LogP contribution in [0.4, 0.5) is 14.5 Å². The van der Waals surface area contributed by atoms with Crippen molar-refractivity contribution in [3.05, 3.63) is 65.2 Å². The number of guanidine groups is 1. The molecule has 0 aliphatic carbocycles. The Balaban J connectivity index is 1.55. The average molecular weight is 400 g/mol. The Morgan fingerprint density at radius 1 is 1.07 bits per heavy atom. The summed E-state index contributed by atoms with van der Waals surface area (Å²) in [7, 11) is 0. The molecule has 0 unspecified atom stereocenters. The third kappa shape index (κ3) is 6.01. The molecule has 1 aliphatic rings. The van der Waals surface area contributed by atoms with Gasteiger partial charge in [-0.15, -0.1) is 0 Å². The van der Waals surface area contributed by atoms with Crippen LogP contribution in [0.25, 0.3) is 0 Å². The zero-order valence-electron chi connectivity index (χ0n) is 16.5. The summed E-state index contributed by atoms with van der Waals surface area (Å²) in [4.78, 5) is 18.2. The maximum Gasteiger partial charge on any atom is 0.227 e. The Bertz CT molecular complexity index is 847. The number of amides is 1. The second-order valence-corrected chi connectivity index (χ2v) is 6.97. The van der Waals surface area contributed by atoms with Gasteiger partial charge in [0.2, 0.25) is 5.91 Å². The fourth-order valence-electron chi connectivity index (χ4n) is 3.30. The molecule has 2 aromatic carbocycles. The highest BCUT2D eigenvalue weighted by Gasteiger charge is 2.21. The van der Waals surface area contributed by atoms with Crippen molar-refractivity contribution in [3.63, 3.8) is 0 Å². The predicted octanol–water partition coefficient (Wildman–Crippen LogP) is 3.39. The van der Waals surface area contributed by atoms with E-state index >= 15 is 0 Å². The third-order valence-electron chi connectivity index (χ3n) is 4.71. The van der Waals surface area contributed by atoms with Gasteiger partial charge < -0.3 is 15.5 Å². The van der Waals surface area contributed by atoms with Crippen LogP contribution in [0, 0.1) is 11.6 Å². The normalized spacial score (nSPS) is 14.4. The minimum absolute atomic E-state index is 0.174. The minimum atomic E-state index is -0.570. The first-order chi connectivity index (χ1) is 14.0. The quantitative estimate of drug-likeness (QED) is 0.553. The number of halogens is 2. The van der Waals surface area contributed by atoms with Crippen LogP contribution in [-0.2, 0) is 17.8 Å². The van der Waals surface area contributed by atoms with Crippen LogP contribution in [-0.4, -0.2) is 31.5 Å². The van der Waals surface area contributed by atoms with Gasteiger partial charge in [-0.25, -0.2) is 13.8 Å². The molecule has 2 N–H and O–H groups in total. The summed E-state index contributed by atoms with van der Waals surface area (Å²) in [5.74, 6) is -0.324. The van der Waals surface area contributed by atoms with E-state index in [1.54, 1.807) is 0 Å². The maximum absolute atomic E-state index is 13.3. The summed E-state index contributed by atoms with van der Waals surface area (Å²) < 4.78 is 26.5. The molecule has 0 bridgehead atoms. The van der Waals surface area contributed by atoms with Gasteiger partial charge in [-0.1, -0.05) is 12.1 Å². The van der Waals surface area contributed by atoms with E-state index in [2.05, 4.69) is 15.6 Å². The summed E-state index contributed by atoms with van der Waals surface area (Å²) in [6.07, 6.45) is 2.01. The van der Waals surface area contributed by atoms with E-state index in [0.29, 0.717) is 44.0 Å². The first-order valence-electron chi connectivity index (χ1n) is 9.91. The number of anilines is 1. The lowest BCUT2D eigenvalue weighted by molar-refractivity contribution is -0.117. The maximum atomic E-state index is 13.3. The molecule has 5 nitrogen and oxygen atoms in total. The molecule has 0 spiro atoms. The summed E-state index contributed by atoms with van der Waals surface area (Å²) >= 11 is 0. The smallest absolute Gasteiger partial charge is 0.227 e. The van der Waals surface area contributed by atoms with Gasteiger partial charge in [-0.3, -0.25) is 4.79 Å². The highest BCUT2D eigenvalue weighted by molar-refractivity contribution is 5.95. The summed E-state index contributed by atoms with van der Waals surface area (Å²) in [5, 5.41) is 6.34. The molecule has 29 heavy (non-hydrogen) atoms. The first kappa shape index (κ1) is 20.8. The lowest BCUT2D eigenvalue weighted by atomic mass is 10.1. The minimum Gasteiger partial charge on any atom is -0.357 e. The molecule has 1 aliphatic heterocycles. The van der Waals surface area contributed by atoms with Crippen molar-refractivity contribution in [2.75, 3.05) is 24.5 Å². The Hall–Kier alpha value is -2.96. The van der Waals surface area contributed by atoms with Gasteiger partial charge in [0, 0.05) is 37.8 Å². The Kier molecular flexibility index (Phi) is 7.16. The van der Waals surface area contributed by atoms with Crippen molar-refractivity contribution < 1.29 is 13.6 Å². The zero-order chi connectivity index (χ0) is 20.6. The Labute approximate surface area is 169 Å². The lowest BCUT2D eigenvalue weighted by Crippen LogP contribution is -2.38. The van der Waals surface area contributed by atoms with Crippen LogP contribution < -0.4 is 15.5 Å². The van der Waals surface area contributed by atoms with Gasteiger partial charge in [-0.2, -0.15) is 0 Å². The van der Waals surface area contributed by atoms with E-state index in [4.69, 9.17) is 0 Å². The molecule has 0 radical (unpaired) electrons. The fraction of sp³-hybridized carbons (Fsp3) is 0.364. The lowest BCUT2D eigenvalue weighted by Gasteiger charge is -2.16. The van der Waals surface area contributed by atoms with Crippen LogP contribution in [0.3, 0.4) is 0 Å². The number of aliphatic imine (C=N–C) groups is 1. The molecule has 1 fully saturated rings. The number of nitrogens with one attached hydrogen (secondary N) is 2. The van der Waals surface area contributed by atoms with Crippen molar-refractivity contribution in [1.29, 1.82) is 0 Å². The van der Waals surface area contributed by atoms with Crippen LogP contribution in [0.5, 0.6) is 0 Å². The van der Waals surface area contributed by atoms with E-state index in [1.807, 2.05) is 36.1 Å². The summed E-state index contributed by atoms with van der Waals surface area (Å²) in [6, 6.07) is 11.4. The topological polar surface area (TPSA) is 56.7 Å². The van der Waals surface area contributed by atoms with Crippen molar-refractivity contribution in [2.45, 2.75) is 32.7 Å². The SMILES string of the molecule is CCNC(=NCc1ccc(N2CCCC2=O)cc1)NCCc1cc(F)cc(F)c1. The molecule has 1 heterocycles. The zero-order valence-corrected chi connectivity index (χ0v) is 16.5. The van der Waals surface area contributed by atoms with E-state index in [9.17, 15) is 13.6 Å². The summed E-state index contributed by atoms with van der Waals surface area (Å²) in [6.45, 7) is 4.44. The molecule has 7 heteroatoms. The first-order valence-corrected chi connectivity index (χ1v) is 9.91. The number of carbonyl (C=O) groups is 1. The second-order valence-electron chi connectivity index (χ2n) is 6.97.